The van der Waals surface area contributed by atoms with Crippen molar-refractivity contribution in [3.05, 3.63) is 28.0 Å². The van der Waals surface area contributed by atoms with Gasteiger partial charge in [0.25, 0.3) is 0 Å². The maximum Gasteiger partial charge on any atom is 0.139 e. The van der Waals surface area contributed by atoms with Crippen molar-refractivity contribution in [3.8, 4) is 0 Å². The number of ether oxygens (including phenoxy) is 1. The van der Waals surface area contributed by atoms with E-state index in [0.29, 0.717) is 17.6 Å². The number of hydrogen-bond donors (Lipinski definition) is 1. The van der Waals surface area contributed by atoms with Crippen LogP contribution in [0.1, 0.15) is 5.56 Å². The number of aryl methyl sites for hydroxylation is 1. The Morgan fingerprint density at radius 2 is 2.21 bits per heavy atom. The molecule has 0 heterocycles. The highest BCUT2D eigenvalue weighted by Gasteiger charge is 2.04. The number of rotatable bonds is 4. The first-order valence-corrected chi connectivity index (χ1v) is 5.13. The molecule has 1 aromatic carbocycles. The molecule has 0 aliphatic rings. The summed E-state index contributed by atoms with van der Waals surface area (Å²) in [5, 5.41) is 3.10. The molecule has 0 saturated carbocycles. The largest absolute Gasteiger partial charge is 0.383 e. The summed E-state index contributed by atoms with van der Waals surface area (Å²) in [5.74, 6) is -0.254. The third-order valence-corrected chi connectivity index (χ3v) is 2.50. The Balaban J connectivity index is 2.72. The predicted molar refractivity (Wildman–Crippen MR) is 59.2 cm³/mol. The van der Waals surface area contributed by atoms with Crippen LogP contribution in [0.5, 0.6) is 0 Å². The van der Waals surface area contributed by atoms with E-state index in [0.717, 1.165) is 11.3 Å². The van der Waals surface area contributed by atoms with Crippen LogP contribution in [-0.4, -0.2) is 20.3 Å². The van der Waals surface area contributed by atoms with Crippen LogP contribution >= 0.6 is 15.9 Å². The van der Waals surface area contributed by atoms with Gasteiger partial charge in [0.05, 0.1) is 11.1 Å². The van der Waals surface area contributed by atoms with E-state index in [-0.39, 0.29) is 5.82 Å². The van der Waals surface area contributed by atoms with Crippen molar-refractivity contribution in [3.63, 3.8) is 0 Å². The summed E-state index contributed by atoms with van der Waals surface area (Å²) in [7, 11) is 1.64. The molecule has 2 nitrogen and oxygen atoms in total. The predicted octanol–water partition coefficient (Wildman–Crippen LogP) is 2.95. The zero-order valence-electron chi connectivity index (χ0n) is 8.23. The van der Waals surface area contributed by atoms with Crippen molar-refractivity contribution in [2.45, 2.75) is 6.92 Å². The minimum absolute atomic E-state index is 0.254. The summed E-state index contributed by atoms with van der Waals surface area (Å²) >= 11 is 3.13. The molecule has 1 rings (SSSR count). The minimum atomic E-state index is -0.254. The van der Waals surface area contributed by atoms with E-state index in [4.69, 9.17) is 4.74 Å². The van der Waals surface area contributed by atoms with Gasteiger partial charge in [0.1, 0.15) is 5.82 Å². The second-order valence-corrected chi connectivity index (χ2v) is 3.86. The highest BCUT2D eigenvalue weighted by molar-refractivity contribution is 9.10. The fourth-order valence-electron chi connectivity index (χ4n) is 1.12. The van der Waals surface area contributed by atoms with E-state index in [1.54, 1.807) is 13.2 Å². The summed E-state index contributed by atoms with van der Waals surface area (Å²) in [4.78, 5) is 0. The summed E-state index contributed by atoms with van der Waals surface area (Å²) in [6.07, 6.45) is 0. The van der Waals surface area contributed by atoms with Crippen LogP contribution in [0.4, 0.5) is 10.1 Å². The number of methoxy groups -OCH3 is 1. The van der Waals surface area contributed by atoms with E-state index in [1.165, 1.54) is 6.07 Å². The molecule has 4 heteroatoms. The minimum Gasteiger partial charge on any atom is -0.383 e. The Kier molecular flexibility index (Phi) is 4.35. The van der Waals surface area contributed by atoms with Gasteiger partial charge in [-0.1, -0.05) is 0 Å². The van der Waals surface area contributed by atoms with Gasteiger partial charge in [0.2, 0.25) is 0 Å². The van der Waals surface area contributed by atoms with Gasteiger partial charge in [0.15, 0.2) is 0 Å². The first-order valence-electron chi connectivity index (χ1n) is 4.33. The second-order valence-electron chi connectivity index (χ2n) is 3.00. The molecule has 0 unspecified atom stereocenters. The average Bonchev–Trinajstić information content (AvgIpc) is 2.14. The first kappa shape index (κ1) is 11.5. The summed E-state index contributed by atoms with van der Waals surface area (Å²) in [5.41, 5.74) is 1.82. The lowest BCUT2D eigenvalue weighted by Gasteiger charge is -2.09. The lowest BCUT2D eigenvalue weighted by molar-refractivity contribution is 0.211. The lowest BCUT2D eigenvalue weighted by Crippen LogP contribution is -2.08. The summed E-state index contributed by atoms with van der Waals surface area (Å²) in [6.45, 7) is 3.22. The molecule has 0 amide bonds. The highest BCUT2D eigenvalue weighted by atomic mass is 79.9. The van der Waals surface area contributed by atoms with Gasteiger partial charge in [-0.3, -0.25) is 0 Å². The molecule has 1 aromatic rings. The molecule has 1 N–H and O–H groups in total. The number of anilines is 1. The van der Waals surface area contributed by atoms with Gasteiger partial charge in [-0.25, -0.2) is 4.39 Å². The maximum atomic E-state index is 13.2. The van der Waals surface area contributed by atoms with E-state index in [9.17, 15) is 4.39 Å². The molecular formula is C10H13BrFNO. The van der Waals surface area contributed by atoms with Crippen molar-refractivity contribution in [2.24, 2.45) is 0 Å². The third kappa shape index (κ3) is 2.96. The normalized spacial score (nSPS) is 10.3. The van der Waals surface area contributed by atoms with Gasteiger partial charge in [0, 0.05) is 19.3 Å². The topological polar surface area (TPSA) is 21.3 Å². The van der Waals surface area contributed by atoms with Crippen molar-refractivity contribution >= 4 is 21.6 Å². The third-order valence-electron chi connectivity index (χ3n) is 1.89. The Labute approximate surface area is 91.6 Å². The van der Waals surface area contributed by atoms with Gasteiger partial charge < -0.3 is 10.1 Å². The Morgan fingerprint density at radius 1 is 1.50 bits per heavy atom. The Morgan fingerprint density at radius 3 is 2.86 bits per heavy atom. The van der Waals surface area contributed by atoms with Crippen LogP contribution in [0.3, 0.4) is 0 Å². The van der Waals surface area contributed by atoms with Gasteiger partial charge in [-0.05, 0) is 40.5 Å². The van der Waals surface area contributed by atoms with Crippen molar-refractivity contribution in [1.82, 2.24) is 0 Å². The molecule has 78 valence electrons. The van der Waals surface area contributed by atoms with Crippen molar-refractivity contribution in [2.75, 3.05) is 25.6 Å². The van der Waals surface area contributed by atoms with Crippen LogP contribution in [0.15, 0.2) is 16.6 Å². The fourth-order valence-corrected chi connectivity index (χ4v) is 1.58. The molecule has 0 aliphatic carbocycles. The molecule has 0 atom stereocenters. The quantitative estimate of drug-likeness (QED) is 0.842. The first-order chi connectivity index (χ1) is 6.65. The number of nitrogens with one attached hydrogen (secondary N) is 1. The van der Waals surface area contributed by atoms with Crippen molar-refractivity contribution < 1.29 is 9.13 Å². The number of halogens is 2. The number of hydrogen-bond acceptors (Lipinski definition) is 2. The lowest BCUT2D eigenvalue weighted by atomic mass is 10.2. The van der Waals surface area contributed by atoms with E-state index < -0.39 is 0 Å². The SMILES string of the molecule is COCCNc1cc(F)c(Br)cc1C. The van der Waals surface area contributed by atoms with Crippen LogP contribution in [0.25, 0.3) is 0 Å². The van der Waals surface area contributed by atoms with Crippen LogP contribution in [0, 0.1) is 12.7 Å². The molecule has 0 bridgehead atoms. The van der Waals surface area contributed by atoms with Crippen LogP contribution in [0.2, 0.25) is 0 Å². The molecular weight excluding hydrogens is 249 g/mol. The molecule has 14 heavy (non-hydrogen) atoms. The maximum absolute atomic E-state index is 13.2. The standard InChI is InChI=1S/C10H13BrFNO/c1-7-5-8(11)9(12)6-10(7)13-3-4-14-2/h5-6,13H,3-4H2,1-2H3. The van der Waals surface area contributed by atoms with E-state index in [1.807, 2.05) is 6.92 Å². The average molecular weight is 262 g/mol. The zero-order valence-corrected chi connectivity index (χ0v) is 9.82. The van der Waals surface area contributed by atoms with Gasteiger partial charge >= 0.3 is 0 Å². The van der Waals surface area contributed by atoms with E-state index >= 15 is 0 Å². The Hall–Kier alpha value is -0.610. The van der Waals surface area contributed by atoms with Crippen LogP contribution < -0.4 is 5.32 Å². The molecule has 0 radical (unpaired) electrons. The fraction of sp³-hybridized carbons (Fsp3) is 0.400. The molecule has 0 fully saturated rings. The van der Waals surface area contributed by atoms with Gasteiger partial charge in [-0.15, -0.1) is 0 Å². The monoisotopic (exact) mass is 261 g/mol. The van der Waals surface area contributed by atoms with Gasteiger partial charge in [-0.2, -0.15) is 0 Å². The smallest absolute Gasteiger partial charge is 0.139 e. The highest BCUT2D eigenvalue weighted by Crippen LogP contribution is 2.23. The second kappa shape index (κ2) is 5.32. The zero-order chi connectivity index (χ0) is 10.6. The molecule has 0 saturated heterocycles. The Bertz CT molecular complexity index is 317. The van der Waals surface area contributed by atoms with Crippen molar-refractivity contribution in [1.29, 1.82) is 0 Å². The number of benzene rings is 1. The molecule has 0 spiro atoms. The molecule has 0 aromatic heterocycles. The summed E-state index contributed by atoms with van der Waals surface area (Å²) in [6, 6.07) is 3.24. The van der Waals surface area contributed by atoms with Crippen LogP contribution in [-0.2, 0) is 4.74 Å². The van der Waals surface area contributed by atoms with E-state index in [2.05, 4.69) is 21.2 Å². The molecule has 0 aliphatic heterocycles. The summed E-state index contributed by atoms with van der Waals surface area (Å²) < 4.78 is 18.5.